The molecule has 0 atom stereocenters. The van der Waals surface area contributed by atoms with E-state index in [9.17, 15) is 8.42 Å². The zero-order valence-electron chi connectivity index (χ0n) is 7.97. The first kappa shape index (κ1) is 11.2. The van der Waals surface area contributed by atoms with Crippen LogP contribution in [0.2, 0.25) is 18.1 Å². The van der Waals surface area contributed by atoms with Crippen LogP contribution in [0.25, 0.3) is 0 Å². The molecule has 0 saturated heterocycles. The Morgan fingerprint density at radius 2 is 1.55 bits per heavy atom. The molecule has 2 nitrogen and oxygen atoms in total. The van der Waals surface area contributed by atoms with Crippen molar-refractivity contribution in [3.05, 3.63) is 0 Å². The molecule has 0 aliphatic rings. The molecule has 0 N–H and O–H groups in total. The Morgan fingerprint density at radius 1 is 1.18 bits per heavy atom. The van der Waals surface area contributed by atoms with Gasteiger partial charge in [-0.05, 0) is 5.04 Å². The fourth-order valence-electron chi connectivity index (χ4n) is 0.560. The molecule has 0 rings (SSSR count). The van der Waals surface area contributed by atoms with Gasteiger partial charge < -0.3 is 0 Å². The van der Waals surface area contributed by atoms with E-state index in [0.717, 1.165) is 0 Å². The Bertz CT molecular complexity index is 193. The fourth-order valence-corrected chi connectivity index (χ4v) is 5.04. The van der Waals surface area contributed by atoms with Crippen LogP contribution in [0.3, 0.4) is 0 Å². The van der Waals surface area contributed by atoms with Gasteiger partial charge in [-0.1, -0.05) is 33.9 Å². The van der Waals surface area contributed by atoms with Gasteiger partial charge in [-0.15, -0.1) is 0 Å². The van der Waals surface area contributed by atoms with Crippen LogP contribution in [-0.4, -0.2) is 21.9 Å². The quantitative estimate of drug-likeness (QED) is 0.536. The lowest BCUT2D eigenvalue weighted by Crippen LogP contribution is -2.41. The zero-order valence-corrected chi connectivity index (χ0v) is 9.87. The van der Waals surface area contributed by atoms with Gasteiger partial charge in [0, 0.05) is 5.38 Å². The van der Waals surface area contributed by atoms with Crippen LogP contribution in [0.4, 0.5) is 0 Å². The highest BCUT2D eigenvalue weighted by atomic mass is 32.2. The minimum absolute atomic E-state index is 0.183. The lowest BCUT2D eigenvalue weighted by Gasteiger charge is -2.35. The molecule has 0 saturated carbocycles. The maximum atomic E-state index is 10.5. The molecule has 0 radical (unpaired) electrons. The van der Waals surface area contributed by atoms with Crippen molar-refractivity contribution in [3.8, 4) is 0 Å². The number of hydrogen-bond acceptors (Lipinski definition) is 2. The summed E-state index contributed by atoms with van der Waals surface area (Å²) in [5, 5.41) is 0.592. The van der Waals surface area contributed by atoms with Gasteiger partial charge in [-0.25, -0.2) is 8.42 Å². The molecule has 0 unspecified atom stereocenters. The first-order valence-corrected chi connectivity index (χ1v) is 8.35. The number of thiol groups is 1. The van der Waals surface area contributed by atoms with Crippen molar-refractivity contribution in [1.82, 2.24) is 0 Å². The Hall–Kier alpha value is 0.167. The number of hydrogen-bond donors (Lipinski definition) is 1. The van der Waals surface area contributed by atoms with Crippen molar-refractivity contribution in [1.29, 1.82) is 0 Å². The second kappa shape index (κ2) is 3.27. The molecule has 0 bridgehead atoms. The van der Waals surface area contributed by atoms with Crippen molar-refractivity contribution >= 4 is 18.8 Å². The SMILES string of the molecule is CC(C)(C)[Si](C)(C)C[SH](=O)=O. The van der Waals surface area contributed by atoms with Crippen molar-refractivity contribution in [2.24, 2.45) is 0 Å². The van der Waals surface area contributed by atoms with Crippen molar-refractivity contribution < 1.29 is 8.42 Å². The molecule has 0 aliphatic heterocycles. The van der Waals surface area contributed by atoms with Crippen LogP contribution in [0, 0.1) is 0 Å². The van der Waals surface area contributed by atoms with Crippen LogP contribution in [0.15, 0.2) is 0 Å². The minimum atomic E-state index is -2.19. The molecule has 0 aromatic carbocycles. The van der Waals surface area contributed by atoms with Gasteiger partial charge in [0.25, 0.3) is 0 Å². The molecular formula is C7H18O2SSi. The van der Waals surface area contributed by atoms with Gasteiger partial charge >= 0.3 is 0 Å². The highest BCUT2D eigenvalue weighted by Crippen LogP contribution is 2.35. The molecule has 4 heteroatoms. The van der Waals surface area contributed by atoms with Crippen LogP contribution >= 0.6 is 0 Å². The topological polar surface area (TPSA) is 34.1 Å². The Balaban J connectivity index is 4.47. The average Bonchev–Trinajstić information content (AvgIpc) is 1.56. The molecule has 0 amide bonds. The van der Waals surface area contributed by atoms with Gasteiger partial charge in [0.1, 0.15) is 10.7 Å². The standard InChI is InChI=1S/C7H18O2SSi/c1-7(2,3)11(4,5)6-10(8)9/h10H,6H2,1-5H3. The summed E-state index contributed by atoms with van der Waals surface area (Å²) in [7, 11) is -3.76. The second-order valence-electron chi connectivity index (χ2n) is 4.62. The van der Waals surface area contributed by atoms with Gasteiger partial charge in [0.15, 0.2) is 0 Å². The monoisotopic (exact) mass is 194 g/mol. The molecule has 68 valence electrons. The van der Waals surface area contributed by atoms with E-state index in [-0.39, 0.29) is 5.04 Å². The van der Waals surface area contributed by atoms with Crippen LogP contribution in [0.1, 0.15) is 20.8 Å². The Labute approximate surface area is 72.0 Å². The van der Waals surface area contributed by atoms with Gasteiger partial charge in [-0.2, -0.15) is 0 Å². The minimum Gasteiger partial charge on any atom is -0.232 e. The normalized spacial score (nSPS) is 14.0. The van der Waals surface area contributed by atoms with Gasteiger partial charge in [-0.3, -0.25) is 0 Å². The molecule has 11 heavy (non-hydrogen) atoms. The molecule has 0 heterocycles. The van der Waals surface area contributed by atoms with Crippen LogP contribution in [-0.2, 0) is 10.7 Å². The molecule has 0 spiro atoms. The smallest absolute Gasteiger partial charge is 0.137 e. The predicted molar refractivity (Wildman–Crippen MR) is 52.4 cm³/mol. The summed E-state index contributed by atoms with van der Waals surface area (Å²) < 4.78 is 21.1. The maximum absolute atomic E-state index is 10.5. The van der Waals surface area contributed by atoms with E-state index < -0.39 is 18.8 Å². The van der Waals surface area contributed by atoms with E-state index in [2.05, 4.69) is 33.9 Å². The Kier molecular flexibility index (Phi) is 3.32. The lowest BCUT2D eigenvalue weighted by atomic mass is 10.2. The Morgan fingerprint density at radius 3 is 1.64 bits per heavy atom. The molecule has 0 aliphatic carbocycles. The molecule has 0 fully saturated rings. The number of rotatable bonds is 2. The molecule has 0 aromatic heterocycles. The molecule has 0 aromatic rings. The third-order valence-corrected chi connectivity index (χ3v) is 10.8. The maximum Gasteiger partial charge on any atom is 0.137 e. The second-order valence-corrected chi connectivity index (χ2v) is 11.8. The lowest BCUT2D eigenvalue weighted by molar-refractivity contribution is 0.616. The highest BCUT2D eigenvalue weighted by Gasteiger charge is 2.35. The summed E-state index contributed by atoms with van der Waals surface area (Å²) in [4.78, 5) is 0. The first-order chi connectivity index (χ1) is 4.67. The van der Waals surface area contributed by atoms with E-state index in [4.69, 9.17) is 0 Å². The van der Waals surface area contributed by atoms with Crippen molar-refractivity contribution in [3.63, 3.8) is 0 Å². The zero-order chi connectivity index (χ0) is 9.28. The van der Waals surface area contributed by atoms with E-state index in [0.29, 0.717) is 5.38 Å². The summed E-state index contributed by atoms with van der Waals surface area (Å²) in [5.74, 6) is 0. The first-order valence-electron chi connectivity index (χ1n) is 3.78. The summed E-state index contributed by atoms with van der Waals surface area (Å²) in [6, 6.07) is 0. The third-order valence-electron chi connectivity index (χ3n) is 2.55. The van der Waals surface area contributed by atoms with E-state index in [1.54, 1.807) is 0 Å². The predicted octanol–water partition coefficient (Wildman–Crippen LogP) is 1.65. The summed E-state index contributed by atoms with van der Waals surface area (Å²) in [6.45, 7) is 10.6. The third kappa shape index (κ3) is 3.38. The van der Waals surface area contributed by atoms with E-state index in [1.807, 2.05) is 0 Å². The molecular weight excluding hydrogens is 176 g/mol. The highest BCUT2D eigenvalue weighted by molar-refractivity contribution is 7.74. The van der Waals surface area contributed by atoms with Crippen molar-refractivity contribution in [2.45, 2.75) is 38.9 Å². The fraction of sp³-hybridized carbons (Fsp3) is 1.00. The van der Waals surface area contributed by atoms with Gasteiger partial charge in [0.2, 0.25) is 0 Å². The van der Waals surface area contributed by atoms with E-state index >= 15 is 0 Å². The summed E-state index contributed by atoms with van der Waals surface area (Å²) in [6.07, 6.45) is 0. The van der Waals surface area contributed by atoms with Gasteiger partial charge in [0.05, 0.1) is 8.07 Å². The van der Waals surface area contributed by atoms with Crippen molar-refractivity contribution in [2.75, 3.05) is 5.38 Å². The largest absolute Gasteiger partial charge is 0.232 e. The van der Waals surface area contributed by atoms with E-state index in [1.165, 1.54) is 0 Å². The summed E-state index contributed by atoms with van der Waals surface area (Å²) in [5.41, 5.74) is 0. The average molecular weight is 194 g/mol. The van der Waals surface area contributed by atoms with Crippen LogP contribution in [0.5, 0.6) is 0 Å². The summed E-state index contributed by atoms with van der Waals surface area (Å²) >= 11 is 0. The van der Waals surface area contributed by atoms with Crippen LogP contribution < -0.4 is 0 Å².